The lowest BCUT2D eigenvalue weighted by molar-refractivity contribution is -0.181. The van der Waals surface area contributed by atoms with Crippen molar-refractivity contribution in [2.24, 2.45) is 0 Å². The van der Waals surface area contributed by atoms with Gasteiger partial charge in [-0.3, -0.25) is 19.3 Å². The van der Waals surface area contributed by atoms with E-state index in [1.54, 1.807) is 11.1 Å². The fraction of sp³-hybridized carbons (Fsp3) is 0.450. The Morgan fingerprint density at radius 1 is 1.23 bits per heavy atom. The summed E-state index contributed by atoms with van der Waals surface area (Å²) in [6, 6.07) is 4.21. The third-order valence-corrected chi connectivity index (χ3v) is 5.50. The highest BCUT2D eigenvalue weighted by molar-refractivity contribution is 5.90. The summed E-state index contributed by atoms with van der Waals surface area (Å²) in [5, 5.41) is 3.24. The van der Waals surface area contributed by atoms with Crippen LogP contribution in [-0.2, 0) is 19.2 Å². The lowest BCUT2D eigenvalue weighted by Gasteiger charge is -2.24. The maximum Gasteiger partial charge on any atom is 0.414 e. The number of ether oxygens (including phenoxy) is 1. The van der Waals surface area contributed by atoms with Crippen LogP contribution in [0, 0.1) is 5.82 Å². The third kappa shape index (κ3) is 5.86. The molecule has 12 nitrogen and oxygen atoms in total. The highest BCUT2D eigenvalue weighted by Gasteiger charge is 2.34. The topological polar surface area (TPSA) is 128 Å². The molecule has 3 aliphatic rings. The summed E-state index contributed by atoms with van der Waals surface area (Å²) in [6.07, 6.45) is -3.07. The Morgan fingerprint density at radius 2 is 2.06 bits per heavy atom. The predicted octanol–water partition coefficient (Wildman–Crippen LogP) is -0.0437. The monoisotopic (exact) mass is 499 g/mol. The number of carbonyl (C=O) groups is 3. The van der Waals surface area contributed by atoms with Crippen LogP contribution in [0.3, 0.4) is 0 Å². The maximum absolute atomic E-state index is 15.0. The minimum atomic E-state index is -3.17. The van der Waals surface area contributed by atoms with Crippen molar-refractivity contribution in [2.75, 3.05) is 49.1 Å². The van der Waals surface area contributed by atoms with Crippen molar-refractivity contribution in [2.45, 2.75) is 19.0 Å². The highest BCUT2D eigenvalue weighted by atomic mass is 19.3. The smallest absolute Gasteiger partial charge is 0.414 e. The second-order valence-corrected chi connectivity index (χ2v) is 7.85. The molecule has 0 radical (unpaired) electrons. The van der Waals surface area contributed by atoms with E-state index in [0.717, 1.165) is 4.90 Å². The van der Waals surface area contributed by atoms with E-state index in [4.69, 9.17) is 9.57 Å². The van der Waals surface area contributed by atoms with Crippen molar-refractivity contribution < 1.29 is 37.1 Å². The zero-order chi connectivity index (χ0) is 24.9. The molecule has 1 atom stereocenters. The Bertz CT molecular complexity index is 1010. The highest BCUT2D eigenvalue weighted by Crippen LogP contribution is 2.28. The molecule has 0 aliphatic carbocycles. The molecule has 35 heavy (non-hydrogen) atoms. The van der Waals surface area contributed by atoms with Gasteiger partial charge in [0.05, 0.1) is 49.7 Å². The Kier molecular flexibility index (Phi) is 7.45. The molecule has 0 bridgehead atoms. The summed E-state index contributed by atoms with van der Waals surface area (Å²) in [4.78, 5) is 44.0. The van der Waals surface area contributed by atoms with E-state index in [1.165, 1.54) is 23.3 Å². The molecule has 0 unspecified atom stereocenters. The van der Waals surface area contributed by atoms with Crippen molar-refractivity contribution in [1.29, 1.82) is 0 Å². The van der Waals surface area contributed by atoms with E-state index >= 15 is 4.39 Å². The lowest BCUT2D eigenvalue weighted by atomic mass is 10.2. The van der Waals surface area contributed by atoms with Crippen molar-refractivity contribution >= 4 is 29.3 Å². The van der Waals surface area contributed by atoms with Crippen LogP contribution in [-0.4, -0.2) is 74.8 Å². The number of cyclic esters (lactones) is 1. The molecule has 0 aromatic heterocycles. The largest absolute Gasteiger partial charge is 0.442 e. The molecule has 3 amide bonds. The van der Waals surface area contributed by atoms with E-state index in [-0.39, 0.29) is 49.9 Å². The van der Waals surface area contributed by atoms with Crippen LogP contribution in [0.25, 0.3) is 0 Å². The number of hydrogen-bond acceptors (Lipinski definition) is 9. The third-order valence-electron chi connectivity index (χ3n) is 5.50. The first-order chi connectivity index (χ1) is 16.8. The zero-order valence-electron chi connectivity index (χ0n) is 18.4. The first kappa shape index (κ1) is 24.4. The summed E-state index contributed by atoms with van der Waals surface area (Å²) in [5.74, 6) is -2.31. The van der Waals surface area contributed by atoms with E-state index < -0.39 is 30.3 Å². The molecular formula is C20H24F3N7O5. The fourth-order valence-electron chi connectivity index (χ4n) is 3.76. The summed E-state index contributed by atoms with van der Waals surface area (Å²) in [6.45, 7) is 0.727. The average molecular weight is 499 g/mol. The Morgan fingerprint density at radius 3 is 2.77 bits per heavy atom. The van der Waals surface area contributed by atoms with Crippen molar-refractivity contribution in [1.82, 2.24) is 26.8 Å². The molecule has 2 fully saturated rings. The van der Waals surface area contributed by atoms with Crippen LogP contribution >= 0.6 is 0 Å². The SMILES string of the molecule is O=C(NC[C@H]1CN(c2ccc(N3CCON(C(=O)CC4=CNNN4)CC3)c(F)c2)C(=O)O1)C(F)F. The molecule has 4 N–H and O–H groups in total. The number of halogens is 3. The zero-order valence-corrected chi connectivity index (χ0v) is 18.4. The van der Waals surface area contributed by atoms with Crippen LogP contribution in [0.2, 0.25) is 0 Å². The number of benzene rings is 1. The molecule has 1 aromatic carbocycles. The van der Waals surface area contributed by atoms with Gasteiger partial charge in [0.25, 0.3) is 11.8 Å². The van der Waals surface area contributed by atoms with Crippen LogP contribution < -0.4 is 31.5 Å². The number of amides is 3. The Hall–Kier alpha value is -3.72. The molecule has 3 aliphatic heterocycles. The van der Waals surface area contributed by atoms with Gasteiger partial charge >= 0.3 is 12.5 Å². The number of carbonyl (C=O) groups excluding carboxylic acids is 3. The van der Waals surface area contributed by atoms with E-state index in [2.05, 4.69) is 16.4 Å². The van der Waals surface area contributed by atoms with Crippen LogP contribution in [0.5, 0.6) is 0 Å². The van der Waals surface area contributed by atoms with Gasteiger partial charge in [-0.25, -0.2) is 14.2 Å². The molecule has 3 heterocycles. The number of alkyl halides is 2. The summed E-state index contributed by atoms with van der Waals surface area (Å²) in [7, 11) is 0. The van der Waals surface area contributed by atoms with E-state index in [0.29, 0.717) is 18.8 Å². The molecule has 0 spiro atoms. The quantitative estimate of drug-likeness (QED) is 0.409. The molecule has 15 heteroatoms. The first-order valence-corrected chi connectivity index (χ1v) is 10.8. The lowest BCUT2D eigenvalue weighted by Crippen LogP contribution is -2.37. The first-order valence-electron chi connectivity index (χ1n) is 10.8. The summed E-state index contributed by atoms with van der Waals surface area (Å²) < 4.78 is 44.7. The van der Waals surface area contributed by atoms with Crippen LogP contribution in [0.1, 0.15) is 6.42 Å². The Balaban J connectivity index is 1.34. The van der Waals surface area contributed by atoms with E-state index in [9.17, 15) is 23.2 Å². The number of nitrogens with one attached hydrogen (secondary N) is 4. The van der Waals surface area contributed by atoms with Crippen LogP contribution in [0.15, 0.2) is 30.1 Å². The van der Waals surface area contributed by atoms with Gasteiger partial charge in [0.2, 0.25) is 0 Å². The van der Waals surface area contributed by atoms with Crippen molar-refractivity contribution in [3.05, 3.63) is 35.9 Å². The average Bonchev–Trinajstić information content (AvgIpc) is 3.39. The van der Waals surface area contributed by atoms with Gasteiger partial charge < -0.3 is 25.8 Å². The summed E-state index contributed by atoms with van der Waals surface area (Å²) in [5.41, 5.74) is 9.29. The van der Waals surface area contributed by atoms with Crippen molar-refractivity contribution in [3.63, 3.8) is 0 Å². The van der Waals surface area contributed by atoms with Crippen molar-refractivity contribution in [3.8, 4) is 0 Å². The Labute approximate surface area is 197 Å². The number of hydrogen-bond donors (Lipinski definition) is 4. The van der Waals surface area contributed by atoms with Gasteiger partial charge in [-0.15, -0.1) is 0 Å². The molecule has 1 aromatic rings. The minimum Gasteiger partial charge on any atom is -0.442 e. The van der Waals surface area contributed by atoms with Gasteiger partial charge in [-0.05, 0) is 18.2 Å². The fourth-order valence-corrected chi connectivity index (χ4v) is 3.76. The number of rotatable bonds is 7. The van der Waals surface area contributed by atoms with Gasteiger partial charge in [0, 0.05) is 19.3 Å². The van der Waals surface area contributed by atoms with Crippen LogP contribution in [0.4, 0.5) is 29.3 Å². The number of anilines is 2. The molecule has 4 rings (SSSR count). The van der Waals surface area contributed by atoms with Gasteiger partial charge in [0.15, 0.2) is 0 Å². The number of hydroxylamine groups is 2. The maximum atomic E-state index is 15.0. The van der Waals surface area contributed by atoms with Gasteiger partial charge in [0.1, 0.15) is 11.9 Å². The predicted molar refractivity (Wildman–Crippen MR) is 115 cm³/mol. The van der Waals surface area contributed by atoms with Gasteiger partial charge in [-0.2, -0.15) is 14.3 Å². The minimum absolute atomic E-state index is 0.0356. The molecule has 190 valence electrons. The number of hydrazine groups is 2. The summed E-state index contributed by atoms with van der Waals surface area (Å²) >= 11 is 0. The van der Waals surface area contributed by atoms with E-state index in [1.807, 2.05) is 5.32 Å². The van der Waals surface area contributed by atoms with Gasteiger partial charge in [-0.1, -0.05) is 0 Å². The molecular weight excluding hydrogens is 475 g/mol. The standard InChI is InChI=1S/C20H24F3N7O5/c21-15-8-13(29-11-14(35-20(29)33)10-24-19(32)18(22)23)1-2-16(15)28-3-4-30(34-6-5-28)17(31)7-12-9-25-27-26-12/h1-2,8-9,14,18,25-27H,3-7,10-11H2,(H,24,32)/t14-/m0/s1. The normalized spacial score (nSPS) is 20.2. The molecule has 2 saturated heterocycles. The number of nitrogens with zero attached hydrogens (tertiary/aromatic N) is 3. The second kappa shape index (κ2) is 10.7. The second-order valence-electron chi connectivity index (χ2n) is 7.85. The molecule has 0 saturated carbocycles.